The number of hydrogen-bond donors (Lipinski definition) is 6. The van der Waals surface area contributed by atoms with E-state index in [9.17, 15) is 14.4 Å². The largest absolute Gasteiger partial charge is 0.478 e. The lowest BCUT2D eigenvalue weighted by molar-refractivity contribution is 0.0276. The zero-order chi connectivity index (χ0) is 50.8. The number of nitrogens with zero attached hydrogens (tertiary/aromatic N) is 3. The van der Waals surface area contributed by atoms with Crippen LogP contribution in [0, 0.1) is 3.57 Å². The third-order valence-electron chi connectivity index (χ3n) is 11.7. The molecule has 16 nitrogen and oxygen atoms in total. The van der Waals surface area contributed by atoms with Crippen LogP contribution in [0.4, 0.5) is 17.1 Å². The molecule has 3 aliphatic heterocycles. The van der Waals surface area contributed by atoms with Crippen molar-refractivity contribution in [1.82, 2.24) is 30.7 Å². The van der Waals surface area contributed by atoms with E-state index >= 15 is 0 Å². The van der Waals surface area contributed by atoms with Crippen LogP contribution in [0.5, 0.6) is 5.88 Å². The monoisotopic (exact) mass is 1120 g/mol. The maximum absolute atomic E-state index is 12.4. The summed E-state index contributed by atoms with van der Waals surface area (Å²) in [7, 11) is 0. The molecule has 10 rings (SSSR count). The van der Waals surface area contributed by atoms with E-state index < -0.39 is 0 Å². The van der Waals surface area contributed by atoms with Crippen LogP contribution in [-0.4, -0.2) is 98.2 Å². The summed E-state index contributed by atoms with van der Waals surface area (Å²) in [6.45, 7) is 9.64. The number of rotatable bonds is 12. The van der Waals surface area contributed by atoms with Gasteiger partial charge < -0.3 is 50.8 Å². The fraction of sp³-hybridized carbons (Fsp3) is 0.255. The highest BCUT2D eigenvalue weighted by Gasteiger charge is 2.19. The Labute approximate surface area is 443 Å². The molecule has 0 saturated carbocycles. The van der Waals surface area contributed by atoms with Crippen LogP contribution >= 0.6 is 34.2 Å². The summed E-state index contributed by atoms with van der Waals surface area (Å²) in [4.78, 5) is 41.2. The SMILES string of the molecule is CCOc1cc(C(=O)Nc2ccc(C3CNCCO3)cc2)ccn1.O=C(Nc1ccc(C2CNCCO2)cc1)c1ccn(-c2ccccc2)n1.O=C(Nc1ccc([C@H]2CNCCO2)cc1)c1ccc(Cl)cc1I. The lowest BCUT2D eigenvalue weighted by Gasteiger charge is -2.24. The molecular weight excluding hydrogens is 1060 g/mol. The molecule has 3 fully saturated rings. The van der Waals surface area contributed by atoms with Gasteiger partial charge >= 0.3 is 0 Å². The molecule has 3 aliphatic rings. The zero-order valence-electron chi connectivity index (χ0n) is 40.2. The summed E-state index contributed by atoms with van der Waals surface area (Å²) < 4.78 is 25.0. The quantitative estimate of drug-likeness (QED) is 0.0638. The Bertz CT molecular complexity index is 2880. The van der Waals surface area contributed by atoms with Gasteiger partial charge in [-0.2, -0.15) is 5.10 Å². The predicted molar refractivity (Wildman–Crippen MR) is 291 cm³/mol. The number of morpholine rings is 3. The first-order valence-electron chi connectivity index (χ1n) is 24.0. The highest BCUT2D eigenvalue weighted by molar-refractivity contribution is 14.1. The first-order valence-corrected chi connectivity index (χ1v) is 25.5. The molecule has 5 aromatic carbocycles. The van der Waals surface area contributed by atoms with Crippen molar-refractivity contribution in [1.29, 1.82) is 0 Å². The van der Waals surface area contributed by atoms with Gasteiger partial charge in [-0.3, -0.25) is 14.4 Å². The van der Waals surface area contributed by atoms with Crippen LogP contribution in [0.3, 0.4) is 0 Å². The Kier molecular flexibility index (Phi) is 19.5. The van der Waals surface area contributed by atoms with Crippen LogP contribution in [0.2, 0.25) is 5.02 Å². The van der Waals surface area contributed by atoms with Gasteiger partial charge in [-0.05, 0) is 125 Å². The number of para-hydroxylation sites is 1. The molecule has 5 heterocycles. The number of amides is 3. The second-order valence-corrected chi connectivity index (χ2v) is 18.4. The number of anilines is 3. The minimum absolute atomic E-state index is 0.0649. The number of carbonyl (C=O) groups excluding carboxylic acids is 3. The summed E-state index contributed by atoms with van der Waals surface area (Å²) in [6, 6.07) is 43.1. The number of benzene rings is 5. The highest BCUT2D eigenvalue weighted by Crippen LogP contribution is 2.25. The molecule has 0 radical (unpaired) electrons. The fourth-order valence-electron chi connectivity index (χ4n) is 7.90. The van der Waals surface area contributed by atoms with Gasteiger partial charge in [-0.15, -0.1) is 0 Å². The number of hydrogen-bond acceptors (Lipinski definition) is 12. The molecule has 73 heavy (non-hydrogen) atoms. The number of ether oxygens (including phenoxy) is 4. The molecular formula is C55H57ClIN9O7. The first kappa shape index (κ1) is 52.8. The lowest BCUT2D eigenvalue weighted by atomic mass is 10.1. The van der Waals surface area contributed by atoms with Crippen LogP contribution in [0.25, 0.3) is 5.69 Å². The van der Waals surface area contributed by atoms with E-state index in [0.717, 1.165) is 88.9 Å². The number of halogens is 2. The summed E-state index contributed by atoms with van der Waals surface area (Å²) in [5.41, 5.74) is 7.95. The summed E-state index contributed by atoms with van der Waals surface area (Å²) >= 11 is 8.03. The molecule has 2 unspecified atom stereocenters. The molecule has 2 aromatic heterocycles. The van der Waals surface area contributed by atoms with E-state index in [1.807, 2.05) is 110 Å². The molecule has 3 saturated heterocycles. The van der Waals surface area contributed by atoms with Crippen LogP contribution < -0.4 is 36.6 Å². The Balaban J connectivity index is 0.000000146. The summed E-state index contributed by atoms with van der Waals surface area (Å²) in [5, 5.41) is 23.6. The van der Waals surface area contributed by atoms with Crippen molar-refractivity contribution in [3.05, 3.63) is 194 Å². The molecule has 0 bridgehead atoms. The van der Waals surface area contributed by atoms with Crippen molar-refractivity contribution in [2.24, 2.45) is 0 Å². The van der Waals surface area contributed by atoms with Crippen LogP contribution in [-0.2, 0) is 14.2 Å². The smallest absolute Gasteiger partial charge is 0.276 e. The number of nitrogens with one attached hydrogen (secondary N) is 6. The number of pyridine rings is 1. The zero-order valence-corrected chi connectivity index (χ0v) is 43.1. The van der Waals surface area contributed by atoms with Gasteiger partial charge in [0.15, 0.2) is 5.69 Å². The highest BCUT2D eigenvalue weighted by atomic mass is 127. The minimum Gasteiger partial charge on any atom is -0.478 e. The van der Waals surface area contributed by atoms with Crippen molar-refractivity contribution >= 4 is 69.0 Å². The first-order chi connectivity index (χ1) is 35.7. The molecule has 0 aliphatic carbocycles. The van der Waals surface area contributed by atoms with Gasteiger partial charge in [0.1, 0.15) is 0 Å². The average Bonchev–Trinajstić information content (AvgIpc) is 3.94. The van der Waals surface area contributed by atoms with E-state index in [1.54, 1.807) is 53.5 Å². The van der Waals surface area contributed by atoms with E-state index in [1.165, 1.54) is 0 Å². The Hall–Kier alpha value is -6.55. The summed E-state index contributed by atoms with van der Waals surface area (Å²) in [5.74, 6) is -0.124. The fourth-order valence-corrected chi connectivity index (χ4v) is 9.02. The molecule has 18 heteroatoms. The van der Waals surface area contributed by atoms with Crippen molar-refractivity contribution in [3.63, 3.8) is 0 Å². The van der Waals surface area contributed by atoms with Crippen molar-refractivity contribution in [3.8, 4) is 11.6 Å². The van der Waals surface area contributed by atoms with Gasteiger partial charge in [-0.1, -0.05) is 66.2 Å². The molecule has 7 aromatic rings. The third kappa shape index (κ3) is 15.5. The van der Waals surface area contributed by atoms with Gasteiger partial charge in [0, 0.05) is 88.9 Å². The van der Waals surface area contributed by atoms with Gasteiger partial charge in [0.2, 0.25) is 5.88 Å². The minimum atomic E-state index is -0.233. The standard InChI is InChI=1S/C20H20N4O2.C18H21N3O3.C17H16ClIN2O2/c25-20(18-10-12-24(23-18)17-4-2-1-3-5-17)22-16-8-6-15(7-9-16)19-14-21-11-13-26-19;1-2-23-17-11-14(7-8-20-17)18(22)21-15-5-3-13(4-6-15)16-12-19-9-10-24-16;18-12-3-6-14(15(19)9-12)17(22)21-13-4-1-11(2-5-13)16-10-20-7-8-23-16/h1-10,12,19,21H,11,13-14H2,(H,22,25);3-8,11,16,19H,2,9-10,12H2,1H3,(H,21,22);1-6,9,16,20H,7-8,10H2,(H,21,22)/t;;16-/m..1/s1. The van der Waals surface area contributed by atoms with E-state index in [0.29, 0.717) is 47.5 Å². The predicted octanol–water partition coefficient (Wildman–Crippen LogP) is 9.04. The van der Waals surface area contributed by atoms with Gasteiger partial charge in [0.25, 0.3) is 17.7 Å². The molecule has 3 amide bonds. The summed E-state index contributed by atoms with van der Waals surface area (Å²) in [6.07, 6.45) is 3.55. The topological polar surface area (TPSA) is 191 Å². The van der Waals surface area contributed by atoms with Crippen LogP contribution in [0.1, 0.15) is 73.1 Å². The van der Waals surface area contributed by atoms with Crippen molar-refractivity contribution in [2.45, 2.75) is 25.2 Å². The Morgan fingerprint density at radius 2 is 1.15 bits per heavy atom. The Morgan fingerprint density at radius 3 is 1.63 bits per heavy atom. The van der Waals surface area contributed by atoms with Crippen molar-refractivity contribution in [2.75, 3.05) is 81.6 Å². The maximum Gasteiger partial charge on any atom is 0.276 e. The van der Waals surface area contributed by atoms with E-state index in [4.69, 9.17) is 30.5 Å². The van der Waals surface area contributed by atoms with Gasteiger partial charge in [0.05, 0.1) is 56.0 Å². The van der Waals surface area contributed by atoms with Crippen molar-refractivity contribution < 1.29 is 33.3 Å². The number of aromatic nitrogens is 3. The second-order valence-electron chi connectivity index (χ2n) is 16.8. The van der Waals surface area contributed by atoms with Crippen LogP contribution in [0.15, 0.2) is 152 Å². The molecule has 378 valence electrons. The Morgan fingerprint density at radius 1 is 0.644 bits per heavy atom. The lowest BCUT2D eigenvalue weighted by Crippen LogP contribution is -2.33. The molecule has 6 N–H and O–H groups in total. The molecule has 0 spiro atoms. The van der Waals surface area contributed by atoms with Gasteiger partial charge in [-0.25, -0.2) is 9.67 Å². The molecule has 3 atom stereocenters. The third-order valence-corrected chi connectivity index (χ3v) is 12.8. The van der Waals surface area contributed by atoms with E-state index in [-0.39, 0.29) is 36.0 Å². The normalized spacial score (nSPS) is 17.3. The second kappa shape index (κ2) is 26.9. The van der Waals surface area contributed by atoms with E-state index in [2.05, 4.69) is 64.6 Å². The average molecular weight is 1120 g/mol. The number of carbonyl (C=O) groups is 3. The maximum atomic E-state index is 12.4.